The van der Waals surface area contributed by atoms with Crippen LogP contribution < -0.4 is 9.62 Å². The van der Waals surface area contributed by atoms with Gasteiger partial charge in [-0.3, -0.25) is 13.9 Å². The number of nitrogens with zero attached hydrogens (tertiary/aromatic N) is 2. The van der Waals surface area contributed by atoms with Crippen LogP contribution in [-0.2, 0) is 26.2 Å². The number of hydrogen-bond acceptors (Lipinski definition) is 4. The van der Waals surface area contributed by atoms with Crippen molar-refractivity contribution in [2.24, 2.45) is 0 Å². The predicted octanol–water partition coefficient (Wildman–Crippen LogP) is 5.50. The Morgan fingerprint density at radius 1 is 0.951 bits per heavy atom. The average molecular weight is 580 g/mol. The fourth-order valence-electron chi connectivity index (χ4n) is 5.27. The first-order chi connectivity index (χ1) is 19.6. The fraction of sp³-hybridized carbons (Fsp3) is 0.375. The number of sulfonamides is 1. The van der Waals surface area contributed by atoms with Crippen molar-refractivity contribution in [3.05, 3.63) is 95.3 Å². The lowest BCUT2D eigenvalue weighted by atomic mass is 10.1. The second-order valence-corrected chi connectivity index (χ2v) is 12.5. The molecule has 1 N–H and O–H groups in total. The molecule has 2 amide bonds. The number of hydrogen-bond donors (Lipinski definition) is 1. The Labute approximate surface area is 242 Å². The summed E-state index contributed by atoms with van der Waals surface area (Å²) in [5.74, 6) is -1.20. The summed E-state index contributed by atoms with van der Waals surface area (Å²) < 4.78 is 42.8. The van der Waals surface area contributed by atoms with Gasteiger partial charge in [0, 0.05) is 12.6 Å². The molecule has 3 aromatic carbocycles. The van der Waals surface area contributed by atoms with Gasteiger partial charge in [0.15, 0.2) is 0 Å². The summed E-state index contributed by atoms with van der Waals surface area (Å²) in [4.78, 5) is 29.1. The van der Waals surface area contributed by atoms with E-state index < -0.39 is 34.3 Å². The maximum atomic E-state index is 14.1. The molecule has 0 aliphatic heterocycles. The van der Waals surface area contributed by atoms with Crippen LogP contribution in [0.2, 0.25) is 0 Å². The molecule has 0 saturated heterocycles. The molecule has 0 unspecified atom stereocenters. The maximum Gasteiger partial charge on any atom is 0.264 e. The Balaban J connectivity index is 1.72. The van der Waals surface area contributed by atoms with Crippen LogP contribution in [-0.4, -0.2) is 43.8 Å². The van der Waals surface area contributed by atoms with E-state index in [2.05, 4.69) is 5.32 Å². The van der Waals surface area contributed by atoms with Gasteiger partial charge in [0.1, 0.15) is 18.4 Å². The van der Waals surface area contributed by atoms with Gasteiger partial charge in [-0.1, -0.05) is 67.8 Å². The summed E-state index contributed by atoms with van der Waals surface area (Å²) in [5, 5.41) is 3.09. The zero-order valence-electron chi connectivity index (χ0n) is 23.8. The standard InChI is InChI=1S/C32H38FN3O4S/c1-4-29(32(38)34-27-10-6-7-11-27)35(21-25-15-17-26(33)18-16-25)31(37)22-36(30-12-8-5-9-24(30)3)41(39,40)28-19-13-23(2)14-20-28/h5,8-9,12-20,27,29H,4,6-7,10-11,21-22H2,1-3H3,(H,34,38)/t29-/m1/s1. The number of rotatable bonds is 11. The highest BCUT2D eigenvalue weighted by Gasteiger charge is 2.35. The van der Waals surface area contributed by atoms with E-state index in [1.54, 1.807) is 55.5 Å². The Morgan fingerprint density at radius 2 is 1.59 bits per heavy atom. The lowest BCUT2D eigenvalue weighted by Crippen LogP contribution is -2.53. The van der Waals surface area contributed by atoms with Crippen molar-refractivity contribution < 1.29 is 22.4 Å². The number of benzene rings is 3. The first-order valence-corrected chi connectivity index (χ1v) is 15.5. The highest BCUT2D eigenvalue weighted by Crippen LogP contribution is 2.28. The lowest BCUT2D eigenvalue weighted by Gasteiger charge is -2.34. The average Bonchev–Trinajstić information content (AvgIpc) is 3.46. The Kier molecular flexibility index (Phi) is 9.81. The van der Waals surface area contributed by atoms with Gasteiger partial charge in [0.2, 0.25) is 11.8 Å². The molecular formula is C32H38FN3O4S. The number of anilines is 1. The minimum Gasteiger partial charge on any atom is -0.352 e. The molecule has 0 heterocycles. The van der Waals surface area contributed by atoms with Crippen molar-refractivity contribution >= 4 is 27.5 Å². The molecule has 1 fully saturated rings. The van der Waals surface area contributed by atoms with Crippen molar-refractivity contribution in [3.8, 4) is 0 Å². The van der Waals surface area contributed by atoms with Gasteiger partial charge in [-0.05, 0) is 74.6 Å². The molecule has 3 aromatic rings. The van der Waals surface area contributed by atoms with E-state index in [1.165, 1.54) is 29.2 Å². The van der Waals surface area contributed by atoms with Crippen molar-refractivity contribution in [1.29, 1.82) is 0 Å². The number of carbonyl (C=O) groups is 2. The molecule has 218 valence electrons. The number of carbonyl (C=O) groups excluding carboxylic acids is 2. The summed E-state index contributed by atoms with van der Waals surface area (Å²) in [6.45, 7) is 5.01. The zero-order chi connectivity index (χ0) is 29.6. The molecule has 0 bridgehead atoms. The third-order valence-corrected chi connectivity index (χ3v) is 9.40. The minimum absolute atomic E-state index is 0.0297. The molecule has 4 rings (SSSR count). The number of amides is 2. The maximum absolute atomic E-state index is 14.1. The molecule has 1 aliphatic rings. The molecule has 1 aliphatic carbocycles. The molecule has 41 heavy (non-hydrogen) atoms. The van der Waals surface area contributed by atoms with Crippen LogP contribution in [0.4, 0.5) is 10.1 Å². The van der Waals surface area contributed by atoms with Crippen molar-refractivity contribution in [3.63, 3.8) is 0 Å². The first kappa shape index (κ1) is 30.2. The van der Waals surface area contributed by atoms with Gasteiger partial charge in [0.25, 0.3) is 10.0 Å². The Hall–Kier alpha value is -3.72. The van der Waals surface area contributed by atoms with Crippen molar-refractivity contribution in [1.82, 2.24) is 10.2 Å². The molecule has 0 radical (unpaired) electrons. The van der Waals surface area contributed by atoms with Crippen molar-refractivity contribution in [2.75, 3.05) is 10.8 Å². The summed E-state index contributed by atoms with van der Waals surface area (Å²) in [6, 6.07) is 18.5. The van der Waals surface area contributed by atoms with Crippen LogP contribution in [0.1, 0.15) is 55.7 Å². The molecule has 9 heteroatoms. The summed E-state index contributed by atoms with van der Waals surface area (Å²) in [5.41, 5.74) is 2.61. The highest BCUT2D eigenvalue weighted by molar-refractivity contribution is 7.92. The summed E-state index contributed by atoms with van der Waals surface area (Å²) in [6.07, 6.45) is 4.21. The van der Waals surface area contributed by atoms with E-state index in [0.29, 0.717) is 23.2 Å². The molecular weight excluding hydrogens is 541 g/mol. The van der Waals surface area contributed by atoms with Gasteiger partial charge in [-0.2, -0.15) is 0 Å². The van der Waals surface area contributed by atoms with E-state index in [0.717, 1.165) is 35.6 Å². The Bertz CT molecular complexity index is 1450. The predicted molar refractivity (Wildman–Crippen MR) is 158 cm³/mol. The highest BCUT2D eigenvalue weighted by atomic mass is 32.2. The zero-order valence-corrected chi connectivity index (χ0v) is 24.7. The van der Waals surface area contributed by atoms with Crippen LogP contribution in [0.3, 0.4) is 0 Å². The van der Waals surface area contributed by atoms with Crippen LogP contribution >= 0.6 is 0 Å². The van der Waals surface area contributed by atoms with Crippen LogP contribution in [0.5, 0.6) is 0 Å². The van der Waals surface area contributed by atoms with Crippen LogP contribution in [0.25, 0.3) is 0 Å². The second-order valence-electron chi connectivity index (χ2n) is 10.7. The van der Waals surface area contributed by atoms with Gasteiger partial charge >= 0.3 is 0 Å². The minimum atomic E-state index is -4.14. The van der Waals surface area contributed by atoms with Gasteiger partial charge < -0.3 is 10.2 Å². The van der Waals surface area contributed by atoms with E-state index in [-0.39, 0.29) is 23.4 Å². The lowest BCUT2D eigenvalue weighted by molar-refractivity contribution is -0.140. The molecule has 7 nitrogen and oxygen atoms in total. The van der Waals surface area contributed by atoms with Crippen LogP contribution in [0, 0.1) is 19.7 Å². The Morgan fingerprint density at radius 3 is 2.20 bits per heavy atom. The monoisotopic (exact) mass is 579 g/mol. The molecule has 1 atom stereocenters. The summed E-state index contributed by atoms with van der Waals surface area (Å²) >= 11 is 0. The first-order valence-electron chi connectivity index (χ1n) is 14.1. The second kappa shape index (κ2) is 13.3. The number of nitrogens with one attached hydrogen (secondary N) is 1. The molecule has 0 spiro atoms. The van der Waals surface area contributed by atoms with Crippen molar-refractivity contribution in [2.45, 2.75) is 76.4 Å². The van der Waals surface area contributed by atoms with E-state index in [1.807, 2.05) is 13.8 Å². The van der Waals surface area contributed by atoms with Crippen LogP contribution in [0.15, 0.2) is 77.7 Å². The molecule has 1 saturated carbocycles. The third-order valence-electron chi connectivity index (χ3n) is 7.63. The van der Waals surface area contributed by atoms with Gasteiger partial charge in [0.05, 0.1) is 10.6 Å². The third kappa shape index (κ3) is 7.33. The summed E-state index contributed by atoms with van der Waals surface area (Å²) in [7, 11) is -4.14. The molecule has 0 aromatic heterocycles. The smallest absolute Gasteiger partial charge is 0.264 e. The van der Waals surface area contributed by atoms with E-state index in [4.69, 9.17) is 0 Å². The topological polar surface area (TPSA) is 86.8 Å². The van der Waals surface area contributed by atoms with E-state index in [9.17, 15) is 22.4 Å². The SMILES string of the molecule is CC[C@H](C(=O)NC1CCCC1)N(Cc1ccc(F)cc1)C(=O)CN(c1ccccc1C)S(=O)(=O)c1ccc(C)cc1. The van der Waals surface area contributed by atoms with Gasteiger partial charge in [-0.15, -0.1) is 0 Å². The number of para-hydroxylation sites is 1. The fourth-order valence-corrected chi connectivity index (χ4v) is 6.75. The largest absolute Gasteiger partial charge is 0.352 e. The number of halogens is 1. The quantitative estimate of drug-likeness (QED) is 0.325. The van der Waals surface area contributed by atoms with E-state index >= 15 is 0 Å². The van der Waals surface area contributed by atoms with Gasteiger partial charge in [-0.25, -0.2) is 12.8 Å². The number of aryl methyl sites for hydroxylation is 2. The normalized spacial score (nSPS) is 14.4.